The van der Waals surface area contributed by atoms with Gasteiger partial charge in [0.05, 0.1) is 14.2 Å². The molecule has 0 atom stereocenters. The molecule has 0 saturated heterocycles. The summed E-state index contributed by atoms with van der Waals surface area (Å²) < 4.78 is 10.3. The summed E-state index contributed by atoms with van der Waals surface area (Å²) in [5.74, 6) is 1.64. The van der Waals surface area contributed by atoms with Gasteiger partial charge in [0, 0.05) is 0 Å². The molecule has 0 aromatic heterocycles. The van der Waals surface area contributed by atoms with Crippen LogP contribution in [-0.4, -0.2) is 14.2 Å². The Kier molecular flexibility index (Phi) is 1.68. The molecular formula is C10H11O2. The maximum atomic E-state index is 5.17. The van der Waals surface area contributed by atoms with Crippen LogP contribution in [0.2, 0.25) is 0 Å². The third-order valence-electron chi connectivity index (χ3n) is 2.19. The molecule has 63 valence electrons. The summed E-state index contributed by atoms with van der Waals surface area (Å²) >= 11 is 0. The Bertz CT molecular complexity index is 274. The van der Waals surface area contributed by atoms with Crippen LogP contribution in [0.1, 0.15) is 11.1 Å². The van der Waals surface area contributed by atoms with Crippen molar-refractivity contribution >= 4 is 0 Å². The fourth-order valence-electron chi connectivity index (χ4n) is 1.39. The van der Waals surface area contributed by atoms with Crippen LogP contribution in [0.5, 0.6) is 11.5 Å². The van der Waals surface area contributed by atoms with E-state index in [9.17, 15) is 0 Å². The molecule has 0 saturated carbocycles. The second kappa shape index (κ2) is 2.70. The zero-order chi connectivity index (χ0) is 8.55. The molecule has 0 amide bonds. The van der Waals surface area contributed by atoms with Gasteiger partial charge in [0.2, 0.25) is 0 Å². The molecule has 0 aliphatic heterocycles. The van der Waals surface area contributed by atoms with Gasteiger partial charge >= 0.3 is 0 Å². The highest BCUT2D eigenvalue weighted by Gasteiger charge is 2.17. The summed E-state index contributed by atoms with van der Waals surface area (Å²) in [5, 5.41) is 0. The SMILES string of the molecule is COc1cc2c(cc1OC)C[CH]2. The van der Waals surface area contributed by atoms with Crippen LogP contribution in [0, 0.1) is 6.42 Å². The largest absolute Gasteiger partial charge is 0.493 e. The van der Waals surface area contributed by atoms with E-state index >= 15 is 0 Å². The molecule has 1 aliphatic rings. The number of hydrogen-bond donors (Lipinski definition) is 0. The van der Waals surface area contributed by atoms with Crippen LogP contribution in [0.25, 0.3) is 0 Å². The molecule has 0 heterocycles. The van der Waals surface area contributed by atoms with Crippen LogP contribution in [0.3, 0.4) is 0 Å². The fraction of sp³-hybridized carbons (Fsp3) is 0.300. The summed E-state index contributed by atoms with van der Waals surface area (Å²) in [7, 11) is 3.32. The van der Waals surface area contributed by atoms with Crippen molar-refractivity contribution in [1.82, 2.24) is 0 Å². The van der Waals surface area contributed by atoms with Crippen molar-refractivity contribution in [2.75, 3.05) is 14.2 Å². The molecule has 1 aliphatic carbocycles. The van der Waals surface area contributed by atoms with Gasteiger partial charge in [-0.15, -0.1) is 0 Å². The molecule has 0 N–H and O–H groups in total. The predicted octanol–water partition coefficient (Wildman–Crippen LogP) is 1.81. The van der Waals surface area contributed by atoms with Crippen LogP contribution in [0.4, 0.5) is 0 Å². The molecule has 0 spiro atoms. The molecule has 1 radical (unpaired) electrons. The first-order valence-corrected chi connectivity index (χ1v) is 3.93. The van der Waals surface area contributed by atoms with Gasteiger partial charge in [-0.05, 0) is 36.1 Å². The lowest BCUT2D eigenvalue weighted by Crippen LogP contribution is -2.06. The predicted molar refractivity (Wildman–Crippen MR) is 46.7 cm³/mol. The zero-order valence-corrected chi connectivity index (χ0v) is 7.26. The zero-order valence-electron chi connectivity index (χ0n) is 7.26. The number of hydrogen-bond acceptors (Lipinski definition) is 2. The number of fused-ring (bicyclic) bond motifs is 1. The molecule has 0 bridgehead atoms. The quantitative estimate of drug-likeness (QED) is 0.662. The average molecular weight is 163 g/mol. The van der Waals surface area contributed by atoms with Crippen LogP contribution in [-0.2, 0) is 6.42 Å². The Labute approximate surface area is 72.1 Å². The third kappa shape index (κ3) is 0.951. The Balaban J connectivity index is 2.46. The third-order valence-corrected chi connectivity index (χ3v) is 2.19. The standard InChI is InChI=1S/C10H11O2/c1-11-9-5-7-3-4-8(7)6-10(9)12-2/h3,5-6H,4H2,1-2H3. The normalized spacial score (nSPS) is 13.2. The van der Waals surface area contributed by atoms with Crippen LogP contribution in [0.15, 0.2) is 12.1 Å². The summed E-state index contributed by atoms with van der Waals surface area (Å²) in [6, 6.07) is 4.05. The van der Waals surface area contributed by atoms with Gasteiger partial charge in [0.15, 0.2) is 11.5 Å². The van der Waals surface area contributed by atoms with Gasteiger partial charge < -0.3 is 9.47 Å². The van der Waals surface area contributed by atoms with E-state index in [2.05, 4.69) is 6.42 Å². The van der Waals surface area contributed by atoms with E-state index in [1.807, 2.05) is 12.1 Å². The fourth-order valence-corrected chi connectivity index (χ4v) is 1.39. The Morgan fingerprint density at radius 1 is 1.08 bits per heavy atom. The highest BCUT2D eigenvalue weighted by atomic mass is 16.5. The summed E-state index contributed by atoms with van der Waals surface area (Å²) in [4.78, 5) is 0. The molecule has 0 fully saturated rings. The van der Waals surface area contributed by atoms with Crippen LogP contribution < -0.4 is 9.47 Å². The molecule has 12 heavy (non-hydrogen) atoms. The maximum absolute atomic E-state index is 5.17. The smallest absolute Gasteiger partial charge is 0.161 e. The van der Waals surface area contributed by atoms with Gasteiger partial charge in [-0.25, -0.2) is 0 Å². The molecule has 1 aromatic carbocycles. The number of rotatable bonds is 2. The van der Waals surface area contributed by atoms with E-state index in [4.69, 9.17) is 9.47 Å². The molecule has 2 heteroatoms. The molecule has 0 unspecified atom stereocenters. The van der Waals surface area contributed by atoms with Crippen molar-refractivity contribution in [3.05, 3.63) is 29.7 Å². The minimum absolute atomic E-state index is 0.812. The van der Waals surface area contributed by atoms with Gasteiger partial charge in [0.25, 0.3) is 0 Å². The lowest BCUT2D eigenvalue weighted by molar-refractivity contribution is 0.354. The molecule has 1 aromatic rings. The summed E-state index contributed by atoms with van der Waals surface area (Å²) in [6.45, 7) is 0. The van der Waals surface area contributed by atoms with E-state index in [1.165, 1.54) is 11.1 Å². The first kappa shape index (κ1) is 7.47. The van der Waals surface area contributed by atoms with Crippen molar-refractivity contribution in [1.29, 1.82) is 0 Å². The Hall–Kier alpha value is -1.18. The van der Waals surface area contributed by atoms with Crippen molar-refractivity contribution < 1.29 is 9.47 Å². The lowest BCUT2D eigenvalue weighted by atomic mass is 9.88. The minimum Gasteiger partial charge on any atom is -0.493 e. The van der Waals surface area contributed by atoms with Crippen molar-refractivity contribution in [2.45, 2.75) is 6.42 Å². The van der Waals surface area contributed by atoms with Gasteiger partial charge in [-0.2, -0.15) is 0 Å². The highest BCUT2D eigenvalue weighted by Crippen LogP contribution is 2.36. The van der Waals surface area contributed by atoms with Gasteiger partial charge in [0.1, 0.15) is 0 Å². The van der Waals surface area contributed by atoms with Crippen molar-refractivity contribution in [3.63, 3.8) is 0 Å². The topological polar surface area (TPSA) is 18.5 Å². The van der Waals surface area contributed by atoms with E-state index < -0.39 is 0 Å². The summed E-state index contributed by atoms with van der Waals surface area (Å²) in [5.41, 5.74) is 2.61. The van der Waals surface area contributed by atoms with Gasteiger partial charge in [-0.3, -0.25) is 0 Å². The first-order chi connectivity index (χ1) is 5.85. The Morgan fingerprint density at radius 3 is 2.25 bits per heavy atom. The van der Waals surface area contributed by atoms with E-state index in [0.717, 1.165) is 17.9 Å². The van der Waals surface area contributed by atoms with E-state index in [-0.39, 0.29) is 0 Å². The number of methoxy groups -OCH3 is 2. The molecule has 2 rings (SSSR count). The average Bonchev–Trinajstić information content (AvgIpc) is 2.07. The maximum Gasteiger partial charge on any atom is 0.161 e. The number of ether oxygens (including phenoxy) is 2. The van der Waals surface area contributed by atoms with E-state index in [1.54, 1.807) is 14.2 Å². The molecule has 2 nitrogen and oxygen atoms in total. The lowest BCUT2D eigenvalue weighted by Gasteiger charge is -2.20. The van der Waals surface area contributed by atoms with Crippen LogP contribution >= 0.6 is 0 Å². The highest BCUT2D eigenvalue weighted by molar-refractivity contribution is 5.54. The van der Waals surface area contributed by atoms with Crippen molar-refractivity contribution in [3.8, 4) is 11.5 Å². The summed E-state index contributed by atoms with van der Waals surface area (Å²) in [6.07, 6.45) is 3.23. The van der Waals surface area contributed by atoms with Crippen molar-refractivity contribution in [2.24, 2.45) is 0 Å². The first-order valence-electron chi connectivity index (χ1n) is 3.93. The monoisotopic (exact) mass is 163 g/mol. The molecular weight excluding hydrogens is 152 g/mol. The Morgan fingerprint density at radius 2 is 1.75 bits per heavy atom. The van der Waals surface area contributed by atoms with E-state index in [0.29, 0.717) is 0 Å². The minimum atomic E-state index is 0.812. The second-order valence-electron chi connectivity index (χ2n) is 2.81. The van der Waals surface area contributed by atoms with Gasteiger partial charge in [-0.1, -0.05) is 0 Å². The second-order valence-corrected chi connectivity index (χ2v) is 2.81. The number of benzene rings is 1.